The van der Waals surface area contributed by atoms with Crippen molar-refractivity contribution in [1.82, 2.24) is 5.32 Å². The summed E-state index contributed by atoms with van der Waals surface area (Å²) in [4.78, 5) is 22.8. The number of ether oxygens (including phenoxy) is 1. The van der Waals surface area contributed by atoms with E-state index >= 15 is 0 Å². The van der Waals surface area contributed by atoms with Gasteiger partial charge in [0.25, 0.3) is 0 Å². The van der Waals surface area contributed by atoms with Gasteiger partial charge in [0.1, 0.15) is 0 Å². The lowest BCUT2D eigenvalue weighted by molar-refractivity contribution is -0.145. The second-order valence-corrected chi connectivity index (χ2v) is 4.55. The molecular weight excluding hydrogens is 305 g/mol. The Morgan fingerprint density at radius 3 is 2.50 bits per heavy atom. The van der Waals surface area contributed by atoms with E-state index in [9.17, 15) is 9.59 Å². The molecule has 0 aliphatic heterocycles. The van der Waals surface area contributed by atoms with Crippen molar-refractivity contribution in [2.75, 3.05) is 13.7 Å². The standard InChI is InChI=1S/C13H13Cl2NO4/c1-20-13(19)11(7-17)16-12(18)6-5-8-9(14)3-2-4-10(8)15/h2-6,11,17H,7H2,1H3,(H,16,18)/b6-5+. The molecule has 5 nitrogen and oxygen atoms in total. The van der Waals surface area contributed by atoms with E-state index in [0.29, 0.717) is 15.6 Å². The maximum Gasteiger partial charge on any atom is 0.330 e. The highest BCUT2D eigenvalue weighted by molar-refractivity contribution is 6.37. The van der Waals surface area contributed by atoms with Crippen molar-refractivity contribution in [2.24, 2.45) is 0 Å². The Morgan fingerprint density at radius 1 is 1.40 bits per heavy atom. The minimum Gasteiger partial charge on any atom is -0.467 e. The van der Waals surface area contributed by atoms with Gasteiger partial charge in [-0.1, -0.05) is 29.3 Å². The summed E-state index contributed by atoms with van der Waals surface area (Å²) in [6, 6.07) is 3.84. The highest BCUT2D eigenvalue weighted by atomic mass is 35.5. The Hall–Kier alpha value is -1.56. The van der Waals surface area contributed by atoms with E-state index in [0.717, 1.165) is 7.11 Å². The third kappa shape index (κ3) is 4.52. The molecule has 0 radical (unpaired) electrons. The van der Waals surface area contributed by atoms with Crippen LogP contribution >= 0.6 is 23.2 Å². The van der Waals surface area contributed by atoms with Crippen LogP contribution in [0.15, 0.2) is 24.3 Å². The van der Waals surface area contributed by atoms with Gasteiger partial charge in [-0.25, -0.2) is 4.79 Å². The Kier molecular flexibility index (Phi) is 6.51. The number of hydrogen-bond acceptors (Lipinski definition) is 4. The van der Waals surface area contributed by atoms with Gasteiger partial charge in [-0.3, -0.25) is 4.79 Å². The zero-order chi connectivity index (χ0) is 15.1. The first-order valence-electron chi connectivity index (χ1n) is 5.61. The van der Waals surface area contributed by atoms with Crippen LogP contribution in [0.1, 0.15) is 5.56 Å². The molecule has 7 heteroatoms. The van der Waals surface area contributed by atoms with Gasteiger partial charge in [-0.2, -0.15) is 0 Å². The van der Waals surface area contributed by atoms with Crippen molar-refractivity contribution < 1.29 is 19.4 Å². The van der Waals surface area contributed by atoms with E-state index in [1.54, 1.807) is 18.2 Å². The van der Waals surface area contributed by atoms with Crippen LogP contribution in [0.2, 0.25) is 10.0 Å². The minimum atomic E-state index is -1.11. The van der Waals surface area contributed by atoms with Crippen molar-refractivity contribution in [3.8, 4) is 0 Å². The summed E-state index contributed by atoms with van der Waals surface area (Å²) in [5, 5.41) is 12.1. The first-order chi connectivity index (χ1) is 9.49. The van der Waals surface area contributed by atoms with Crippen LogP contribution in [0, 0.1) is 0 Å². The predicted molar refractivity (Wildman–Crippen MR) is 76.5 cm³/mol. The fourth-order valence-electron chi connectivity index (χ4n) is 1.37. The number of halogens is 2. The van der Waals surface area contributed by atoms with Gasteiger partial charge < -0.3 is 15.2 Å². The second-order valence-electron chi connectivity index (χ2n) is 3.74. The zero-order valence-electron chi connectivity index (χ0n) is 10.6. The summed E-state index contributed by atoms with van der Waals surface area (Å²) >= 11 is 11.9. The molecule has 0 bridgehead atoms. The fourth-order valence-corrected chi connectivity index (χ4v) is 1.89. The zero-order valence-corrected chi connectivity index (χ0v) is 12.1. The topological polar surface area (TPSA) is 75.6 Å². The number of aliphatic hydroxyl groups excluding tert-OH is 1. The van der Waals surface area contributed by atoms with Crippen LogP contribution in [0.25, 0.3) is 6.08 Å². The molecule has 0 saturated heterocycles. The molecule has 1 atom stereocenters. The lowest BCUT2D eigenvalue weighted by Crippen LogP contribution is -2.43. The van der Waals surface area contributed by atoms with Crippen LogP contribution in [-0.2, 0) is 14.3 Å². The predicted octanol–water partition coefficient (Wildman–Crippen LogP) is 1.66. The van der Waals surface area contributed by atoms with E-state index < -0.39 is 24.5 Å². The molecule has 1 amide bonds. The summed E-state index contributed by atoms with van der Waals surface area (Å²) in [7, 11) is 1.16. The number of carbonyl (C=O) groups excluding carboxylic acids is 2. The van der Waals surface area contributed by atoms with Crippen molar-refractivity contribution in [2.45, 2.75) is 6.04 Å². The largest absolute Gasteiger partial charge is 0.467 e. The van der Waals surface area contributed by atoms with Crippen molar-refractivity contribution in [3.05, 3.63) is 39.9 Å². The summed E-state index contributed by atoms with van der Waals surface area (Å²) in [6.07, 6.45) is 2.59. The van der Waals surface area contributed by atoms with E-state index in [2.05, 4.69) is 10.1 Å². The first-order valence-corrected chi connectivity index (χ1v) is 6.36. The number of aliphatic hydroxyl groups is 1. The van der Waals surface area contributed by atoms with Crippen LogP contribution in [-0.4, -0.2) is 36.7 Å². The maximum atomic E-state index is 11.6. The molecule has 0 aliphatic rings. The number of nitrogens with one attached hydrogen (secondary N) is 1. The maximum absolute atomic E-state index is 11.6. The van der Waals surface area contributed by atoms with Crippen LogP contribution in [0.4, 0.5) is 0 Å². The molecule has 20 heavy (non-hydrogen) atoms. The van der Waals surface area contributed by atoms with Gasteiger partial charge >= 0.3 is 5.97 Å². The summed E-state index contributed by atoms with van der Waals surface area (Å²) in [5.41, 5.74) is 0.490. The van der Waals surface area contributed by atoms with E-state index in [1.165, 1.54) is 12.2 Å². The van der Waals surface area contributed by atoms with Gasteiger partial charge in [-0.05, 0) is 18.2 Å². The monoisotopic (exact) mass is 317 g/mol. The normalized spacial score (nSPS) is 12.2. The average Bonchev–Trinajstić information content (AvgIpc) is 2.43. The first kappa shape index (κ1) is 16.5. The van der Waals surface area contributed by atoms with E-state index in [1.807, 2.05) is 0 Å². The molecule has 0 aromatic heterocycles. The highest BCUT2D eigenvalue weighted by Gasteiger charge is 2.19. The summed E-state index contributed by atoms with van der Waals surface area (Å²) in [5.74, 6) is -1.31. The van der Waals surface area contributed by atoms with Crippen LogP contribution in [0.3, 0.4) is 0 Å². The van der Waals surface area contributed by atoms with Gasteiger partial charge in [0.2, 0.25) is 5.91 Å². The molecule has 0 heterocycles. The molecule has 0 saturated carbocycles. The summed E-state index contributed by atoms with van der Waals surface area (Å²) < 4.78 is 4.43. The number of rotatable bonds is 5. The number of methoxy groups -OCH3 is 1. The average molecular weight is 318 g/mol. The molecule has 1 unspecified atom stereocenters. The SMILES string of the molecule is COC(=O)C(CO)NC(=O)/C=C/c1c(Cl)cccc1Cl. The van der Waals surface area contributed by atoms with E-state index in [-0.39, 0.29) is 0 Å². The lowest BCUT2D eigenvalue weighted by Gasteiger charge is -2.12. The molecule has 0 fully saturated rings. The van der Waals surface area contributed by atoms with Crippen molar-refractivity contribution in [3.63, 3.8) is 0 Å². The Balaban J connectivity index is 2.75. The van der Waals surface area contributed by atoms with Gasteiger partial charge in [-0.15, -0.1) is 0 Å². The van der Waals surface area contributed by atoms with E-state index in [4.69, 9.17) is 28.3 Å². The molecule has 0 spiro atoms. The molecule has 1 rings (SSSR count). The molecule has 1 aromatic rings. The second kappa shape index (κ2) is 7.89. The van der Waals surface area contributed by atoms with Gasteiger partial charge in [0, 0.05) is 21.7 Å². The van der Waals surface area contributed by atoms with Crippen molar-refractivity contribution >= 4 is 41.2 Å². The molecule has 108 valence electrons. The molecular formula is C13H13Cl2NO4. The fraction of sp³-hybridized carbons (Fsp3) is 0.231. The van der Waals surface area contributed by atoms with Gasteiger partial charge in [0.05, 0.1) is 13.7 Å². The van der Waals surface area contributed by atoms with Crippen LogP contribution in [0.5, 0.6) is 0 Å². The number of carbonyl (C=O) groups is 2. The van der Waals surface area contributed by atoms with Crippen LogP contribution < -0.4 is 5.32 Å². The summed E-state index contributed by atoms with van der Waals surface area (Å²) in [6.45, 7) is -0.556. The molecule has 2 N–H and O–H groups in total. The Labute approximate surface area is 126 Å². The third-order valence-electron chi connectivity index (χ3n) is 2.39. The minimum absolute atomic E-state index is 0.397. The Bertz CT molecular complexity index is 511. The highest BCUT2D eigenvalue weighted by Crippen LogP contribution is 2.25. The number of amides is 1. The molecule has 0 aliphatic carbocycles. The van der Waals surface area contributed by atoms with Crippen molar-refractivity contribution in [1.29, 1.82) is 0 Å². The number of esters is 1. The Morgan fingerprint density at radius 2 is 2.00 bits per heavy atom. The number of benzene rings is 1. The van der Waals surface area contributed by atoms with Gasteiger partial charge in [0.15, 0.2) is 6.04 Å². The molecule has 1 aromatic carbocycles. The third-order valence-corrected chi connectivity index (χ3v) is 3.05. The smallest absolute Gasteiger partial charge is 0.330 e. The lowest BCUT2D eigenvalue weighted by atomic mass is 10.2. The quantitative estimate of drug-likeness (QED) is 0.639. The number of hydrogen-bond donors (Lipinski definition) is 2.